The minimum absolute atomic E-state index is 0.0724. The molecule has 0 aromatic heterocycles. The lowest BCUT2D eigenvalue weighted by molar-refractivity contribution is -0.129. The van der Waals surface area contributed by atoms with Crippen molar-refractivity contribution < 1.29 is 45.9 Å². The lowest BCUT2D eigenvalue weighted by Crippen LogP contribution is -2.44. The lowest BCUT2D eigenvalue weighted by atomic mass is 10.3. The molecule has 2 aromatic carbocycles. The van der Waals surface area contributed by atoms with Crippen molar-refractivity contribution in [3.05, 3.63) is 53.8 Å². The monoisotopic (exact) mass is 505 g/mol. The summed E-state index contributed by atoms with van der Waals surface area (Å²) in [6, 6.07) is 5.21. The number of benzene rings is 2. The van der Waals surface area contributed by atoms with Gasteiger partial charge in [-0.05, 0) is 43.3 Å². The number of carbonyl (C=O) groups excluding carboxylic acids is 2. The third-order valence-electron chi connectivity index (χ3n) is 4.35. The molecule has 0 aliphatic rings. The first-order chi connectivity index (χ1) is 16.0. The molecule has 0 fully saturated rings. The summed E-state index contributed by atoms with van der Waals surface area (Å²) >= 11 is 0. The fourth-order valence-corrected chi connectivity index (χ4v) is 4.03. The van der Waals surface area contributed by atoms with Crippen molar-refractivity contribution in [1.82, 2.24) is 14.7 Å². The van der Waals surface area contributed by atoms with Crippen LogP contribution in [0.5, 0.6) is 11.5 Å². The van der Waals surface area contributed by atoms with Crippen LogP contribution in [0.25, 0.3) is 0 Å². The second kappa shape index (κ2) is 11.7. The van der Waals surface area contributed by atoms with E-state index in [1.807, 2.05) is 0 Å². The summed E-state index contributed by atoms with van der Waals surface area (Å²) in [5.41, 5.74) is 1.27. The molecular formula is C20H22F3N3O7S. The number of hydroxylamine groups is 1. The van der Waals surface area contributed by atoms with Gasteiger partial charge < -0.3 is 14.4 Å². The highest BCUT2D eigenvalue weighted by atomic mass is 32.2. The molecule has 0 radical (unpaired) electrons. The predicted octanol–water partition coefficient (Wildman–Crippen LogP) is 2.48. The van der Waals surface area contributed by atoms with Gasteiger partial charge in [-0.2, -0.15) is 4.31 Å². The number of halogens is 3. The normalized spacial score (nSPS) is 11.3. The van der Waals surface area contributed by atoms with Gasteiger partial charge in [0, 0.05) is 20.1 Å². The standard InChI is InChI=1S/C20H22F3N3O7S/c1-3-32-20(28)25(2)8-9-26(12-18(27)24-29)34(30,31)15-10-16(22)19(17(23)11-15)33-14-6-4-13(21)5-7-14/h4-7,10-11,29H,3,8-9,12H2,1-2H3,(H,24,27). The van der Waals surface area contributed by atoms with Crippen LogP contribution in [-0.2, 0) is 19.6 Å². The molecule has 0 aliphatic carbocycles. The van der Waals surface area contributed by atoms with Gasteiger partial charge in [0.25, 0.3) is 5.91 Å². The van der Waals surface area contributed by atoms with Crippen LogP contribution in [0.15, 0.2) is 41.3 Å². The van der Waals surface area contributed by atoms with E-state index in [4.69, 9.17) is 14.7 Å². The van der Waals surface area contributed by atoms with Gasteiger partial charge in [0.1, 0.15) is 11.6 Å². The zero-order chi connectivity index (χ0) is 25.5. The zero-order valence-electron chi connectivity index (χ0n) is 18.1. The van der Waals surface area contributed by atoms with E-state index in [0.29, 0.717) is 16.4 Å². The topological polar surface area (TPSA) is 125 Å². The lowest BCUT2D eigenvalue weighted by Gasteiger charge is -2.24. The van der Waals surface area contributed by atoms with E-state index >= 15 is 0 Å². The Hall–Kier alpha value is -3.36. The zero-order valence-corrected chi connectivity index (χ0v) is 18.9. The number of rotatable bonds is 10. The molecule has 2 amide bonds. The molecule has 0 saturated carbocycles. The van der Waals surface area contributed by atoms with Crippen molar-refractivity contribution in [3.8, 4) is 11.5 Å². The average molecular weight is 505 g/mol. The van der Waals surface area contributed by atoms with Gasteiger partial charge in [0.15, 0.2) is 17.4 Å². The predicted molar refractivity (Wildman–Crippen MR) is 111 cm³/mol. The van der Waals surface area contributed by atoms with Crippen LogP contribution in [-0.4, -0.2) is 68.1 Å². The van der Waals surface area contributed by atoms with Gasteiger partial charge in [-0.1, -0.05) is 0 Å². The van der Waals surface area contributed by atoms with Crippen LogP contribution in [0.2, 0.25) is 0 Å². The summed E-state index contributed by atoms with van der Waals surface area (Å²) in [5, 5.41) is 8.77. The van der Waals surface area contributed by atoms with E-state index in [-0.39, 0.29) is 18.9 Å². The maximum absolute atomic E-state index is 14.6. The molecule has 0 atom stereocenters. The van der Waals surface area contributed by atoms with Crippen LogP contribution >= 0.6 is 0 Å². The number of carbonyl (C=O) groups is 2. The van der Waals surface area contributed by atoms with Crippen LogP contribution in [0.4, 0.5) is 18.0 Å². The average Bonchev–Trinajstić information content (AvgIpc) is 2.79. The number of amides is 2. The van der Waals surface area contributed by atoms with Gasteiger partial charge in [0.2, 0.25) is 10.0 Å². The second-order valence-electron chi connectivity index (χ2n) is 6.77. The molecule has 2 N–H and O–H groups in total. The van der Waals surface area contributed by atoms with E-state index in [1.54, 1.807) is 6.92 Å². The molecular weight excluding hydrogens is 483 g/mol. The highest BCUT2D eigenvalue weighted by Crippen LogP contribution is 2.31. The molecule has 0 unspecified atom stereocenters. The van der Waals surface area contributed by atoms with Gasteiger partial charge in [-0.3, -0.25) is 10.0 Å². The molecule has 186 valence electrons. The van der Waals surface area contributed by atoms with Crippen molar-refractivity contribution in [1.29, 1.82) is 0 Å². The van der Waals surface area contributed by atoms with Crippen molar-refractivity contribution in [2.75, 3.05) is 33.3 Å². The van der Waals surface area contributed by atoms with Crippen LogP contribution < -0.4 is 10.2 Å². The maximum atomic E-state index is 14.6. The Morgan fingerprint density at radius 2 is 1.65 bits per heavy atom. The molecule has 10 nitrogen and oxygen atoms in total. The molecule has 2 rings (SSSR count). The molecule has 0 spiro atoms. The van der Waals surface area contributed by atoms with E-state index in [2.05, 4.69) is 0 Å². The number of ether oxygens (including phenoxy) is 2. The molecule has 0 heterocycles. The Kier molecular flexibility index (Phi) is 9.23. The first kappa shape index (κ1) is 26.9. The van der Waals surface area contributed by atoms with Crippen LogP contribution in [0.1, 0.15) is 6.92 Å². The molecule has 0 saturated heterocycles. The first-order valence-corrected chi connectivity index (χ1v) is 11.2. The fourth-order valence-electron chi connectivity index (χ4n) is 2.62. The fraction of sp³-hybridized carbons (Fsp3) is 0.300. The summed E-state index contributed by atoms with van der Waals surface area (Å²) in [4.78, 5) is 23.5. The quantitative estimate of drug-likeness (QED) is 0.375. The molecule has 34 heavy (non-hydrogen) atoms. The number of nitrogens with zero attached hydrogens (tertiary/aromatic N) is 2. The Bertz CT molecular complexity index is 1110. The van der Waals surface area contributed by atoms with Crippen molar-refractivity contribution in [3.63, 3.8) is 0 Å². The number of sulfonamides is 1. The smallest absolute Gasteiger partial charge is 0.409 e. The summed E-state index contributed by atoms with van der Waals surface area (Å²) in [5.74, 6) is -5.50. The van der Waals surface area contributed by atoms with Gasteiger partial charge in [0.05, 0.1) is 18.0 Å². The SMILES string of the molecule is CCOC(=O)N(C)CCN(CC(=O)NO)S(=O)(=O)c1cc(F)c(Oc2ccc(F)cc2)c(F)c1. The maximum Gasteiger partial charge on any atom is 0.409 e. The van der Waals surface area contributed by atoms with Gasteiger partial charge in [-0.15, -0.1) is 0 Å². The molecule has 0 bridgehead atoms. The van der Waals surface area contributed by atoms with Crippen molar-refractivity contribution in [2.24, 2.45) is 0 Å². The van der Waals surface area contributed by atoms with Crippen LogP contribution in [0, 0.1) is 17.5 Å². The second-order valence-corrected chi connectivity index (χ2v) is 8.70. The third kappa shape index (κ3) is 6.82. The summed E-state index contributed by atoms with van der Waals surface area (Å²) in [6.45, 7) is 0.0197. The third-order valence-corrected chi connectivity index (χ3v) is 6.18. The van der Waals surface area contributed by atoms with E-state index in [1.165, 1.54) is 12.5 Å². The van der Waals surface area contributed by atoms with E-state index in [0.717, 1.165) is 29.2 Å². The Labute approximate surface area is 193 Å². The first-order valence-electron chi connectivity index (χ1n) is 9.73. The van der Waals surface area contributed by atoms with E-state index < -0.39 is 63.2 Å². The number of hydrogen-bond acceptors (Lipinski definition) is 7. The Balaban J connectivity index is 2.33. The molecule has 0 aliphatic heterocycles. The number of nitrogens with one attached hydrogen (secondary N) is 1. The van der Waals surface area contributed by atoms with Gasteiger partial charge in [-0.25, -0.2) is 31.9 Å². The largest absolute Gasteiger partial charge is 0.451 e. The minimum Gasteiger partial charge on any atom is -0.451 e. The Morgan fingerprint density at radius 3 is 2.18 bits per heavy atom. The summed E-state index contributed by atoms with van der Waals surface area (Å²) < 4.78 is 78.6. The minimum atomic E-state index is -4.68. The number of likely N-dealkylation sites (N-methyl/N-ethyl adjacent to an activating group) is 1. The molecule has 2 aromatic rings. The highest BCUT2D eigenvalue weighted by molar-refractivity contribution is 7.89. The van der Waals surface area contributed by atoms with Crippen LogP contribution in [0.3, 0.4) is 0 Å². The molecule has 14 heteroatoms. The number of hydrogen-bond donors (Lipinski definition) is 2. The van der Waals surface area contributed by atoms with Crippen molar-refractivity contribution in [2.45, 2.75) is 11.8 Å². The van der Waals surface area contributed by atoms with Crippen molar-refractivity contribution >= 4 is 22.0 Å². The summed E-state index contributed by atoms with van der Waals surface area (Å²) in [7, 11) is -3.37. The Morgan fingerprint density at radius 1 is 1.06 bits per heavy atom. The highest BCUT2D eigenvalue weighted by Gasteiger charge is 2.30. The van der Waals surface area contributed by atoms with E-state index in [9.17, 15) is 31.2 Å². The summed E-state index contributed by atoms with van der Waals surface area (Å²) in [6.07, 6.45) is -0.758. The van der Waals surface area contributed by atoms with Gasteiger partial charge >= 0.3 is 6.09 Å².